The summed E-state index contributed by atoms with van der Waals surface area (Å²) in [6, 6.07) is 0. The second-order valence-electron chi connectivity index (χ2n) is 8.04. The van der Waals surface area contributed by atoms with E-state index in [0.717, 1.165) is 0 Å². The molecular weight excluding hydrogens is 329 g/mol. The van der Waals surface area contributed by atoms with Crippen LogP contribution in [0.5, 0.6) is 0 Å². The maximum Gasteiger partial charge on any atom is 0.426 e. The van der Waals surface area contributed by atoms with E-state index in [2.05, 4.69) is 0 Å². The highest BCUT2D eigenvalue weighted by Crippen LogP contribution is 2.57. The van der Waals surface area contributed by atoms with Crippen LogP contribution in [0.25, 0.3) is 0 Å². The number of hydrogen-bond donors (Lipinski definition) is 0. The fourth-order valence-corrected chi connectivity index (χ4v) is 4.78. The van der Waals surface area contributed by atoms with Gasteiger partial charge >= 0.3 is 12.4 Å². The monoisotopic (exact) mass is 354 g/mol. The lowest BCUT2D eigenvalue weighted by Gasteiger charge is -2.40. The van der Waals surface area contributed by atoms with Crippen molar-refractivity contribution in [1.29, 1.82) is 0 Å². The van der Waals surface area contributed by atoms with Gasteiger partial charge in [-0.3, -0.25) is 0 Å². The second kappa shape index (κ2) is 6.46. The first-order valence-corrected chi connectivity index (χ1v) is 8.49. The topological polar surface area (TPSA) is 9.23 Å². The standard InChI is InChI=1S/C14H25F6OP/c1-10(2,3)8-22(9-11(4,5)6)21-12(7,13(15,16)17)14(18,19)20/h8-9H2,1-7H3. The predicted octanol–water partition coefficient (Wildman–Crippen LogP) is 6.38. The average Bonchev–Trinajstić information content (AvgIpc) is 2.06. The Kier molecular flexibility index (Phi) is 6.45. The third kappa shape index (κ3) is 6.61. The van der Waals surface area contributed by atoms with E-state index in [-0.39, 0.29) is 19.2 Å². The van der Waals surface area contributed by atoms with Gasteiger partial charge in [-0.2, -0.15) is 26.3 Å². The molecule has 0 N–H and O–H groups in total. The summed E-state index contributed by atoms with van der Waals surface area (Å²) < 4.78 is 82.7. The summed E-state index contributed by atoms with van der Waals surface area (Å²) in [5.74, 6) is 0. The summed E-state index contributed by atoms with van der Waals surface area (Å²) in [5.41, 5.74) is -4.98. The van der Waals surface area contributed by atoms with E-state index < -0.39 is 36.9 Å². The van der Waals surface area contributed by atoms with Crippen LogP contribution in [0.4, 0.5) is 26.3 Å². The molecule has 8 heteroatoms. The fourth-order valence-electron chi connectivity index (χ4n) is 1.70. The summed E-state index contributed by atoms with van der Waals surface area (Å²) in [4.78, 5) is 0. The van der Waals surface area contributed by atoms with Crippen LogP contribution in [0.2, 0.25) is 0 Å². The van der Waals surface area contributed by atoms with Crippen LogP contribution in [0.15, 0.2) is 0 Å². The van der Waals surface area contributed by atoms with Crippen LogP contribution in [0.1, 0.15) is 48.5 Å². The highest BCUT2D eigenvalue weighted by atomic mass is 31.1. The maximum atomic E-state index is 13.0. The van der Waals surface area contributed by atoms with Crippen LogP contribution in [0.3, 0.4) is 0 Å². The molecule has 22 heavy (non-hydrogen) atoms. The third-order valence-electron chi connectivity index (χ3n) is 2.69. The van der Waals surface area contributed by atoms with E-state index in [1.165, 1.54) is 0 Å². The van der Waals surface area contributed by atoms with Crippen molar-refractivity contribution in [3.63, 3.8) is 0 Å². The lowest BCUT2D eigenvalue weighted by molar-refractivity contribution is -0.349. The van der Waals surface area contributed by atoms with Gasteiger partial charge in [-0.05, 0) is 30.1 Å². The molecule has 0 aliphatic rings. The van der Waals surface area contributed by atoms with Gasteiger partial charge in [0, 0.05) is 8.15 Å². The summed E-state index contributed by atoms with van der Waals surface area (Å²) >= 11 is 0. The van der Waals surface area contributed by atoms with Gasteiger partial charge in [-0.25, -0.2) is 0 Å². The number of halogens is 6. The summed E-state index contributed by atoms with van der Waals surface area (Å²) in [5, 5.41) is 0. The highest BCUT2D eigenvalue weighted by molar-refractivity contribution is 7.52. The molecule has 0 heterocycles. The minimum Gasteiger partial charge on any atom is -0.335 e. The Labute approximate surface area is 129 Å². The first-order valence-electron chi connectivity index (χ1n) is 6.86. The number of hydrogen-bond acceptors (Lipinski definition) is 1. The minimum absolute atomic E-state index is 0.0770. The molecule has 0 aromatic rings. The minimum atomic E-state index is -5.51. The SMILES string of the molecule is CC(C)(C)CP(CC(C)(C)C)OC(C)(C(F)(F)F)C(F)(F)F. The van der Waals surface area contributed by atoms with Gasteiger partial charge in [0.2, 0.25) is 0 Å². The summed E-state index contributed by atoms with van der Waals surface area (Å²) in [6.45, 7) is 10.7. The number of alkyl halides is 6. The zero-order valence-corrected chi connectivity index (χ0v) is 14.9. The molecule has 0 radical (unpaired) electrons. The molecule has 0 aromatic carbocycles. The first kappa shape index (κ1) is 22.0. The predicted molar refractivity (Wildman–Crippen MR) is 77.2 cm³/mol. The zero-order chi connectivity index (χ0) is 18.2. The number of rotatable bonds is 4. The Morgan fingerprint density at radius 3 is 1.09 bits per heavy atom. The fraction of sp³-hybridized carbons (Fsp3) is 1.00. The van der Waals surface area contributed by atoms with Crippen LogP contribution < -0.4 is 0 Å². The van der Waals surface area contributed by atoms with E-state index in [0.29, 0.717) is 0 Å². The van der Waals surface area contributed by atoms with Gasteiger partial charge in [0.1, 0.15) is 0 Å². The normalized spacial score (nSPS) is 15.5. The van der Waals surface area contributed by atoms with Crippen LogP contribution >= 0.6 is 8.15 Å². The van der Waals surface area contributed by atoms with Crippen LogP contribution in [-0.4, -0.2) is 30.3 Å². The molecule has 134 valence electrons. The molecule has 1 nitrogen and oxygen atoms in total. The highest BCUT2D eigenvalue weighted by Gasteiger charge is 2.70. The Hall–Kier alpha value is -0.0300. The largest absolute Gasteiger partial charge is 0.426 e. The lowest BCUT2D eigenvalue weighted by atomic mass is 10.0. The molecule has 0 spiro atoms. The molecule has 0 amide bonds. The summed E-state index contributed by atoms with van der Waals surface area (Å²) in [6.07, 6.45) is -10.7. The van der Waals surface area contributed by atoms with E-state index in [1.54, 1.807) is 41.5 Å². The molecular formula is C14H25F6OP. The molecule has 0 fully saturated rings. The first-order chi connectivity index (χ1) is 9.29. The molecule has 0 unspecified atom stereocenters. The van der Waals surface area contributed by atoms with E-state index in [1.807, 2.05) is 0 Å². The van der Waals surface area contributed by atoms with E-state index >= 15 is 0 Å². The van der Waals surface area contributed by atoms with Crippen molar-refractivity contribution in [2.75, 3.05) is 12.3 Å². The van der Waals surface area contributed by atoms with E-state index in [4.69, 9.17) is 4.52 Å². The van der Waals surface area contributed by atoms with Gasteiger partial charge in [0.15, 0.2) is 0 Å². The Balaban J connectivity index is 5.57. The van der Waals surface area contributed by atoms with Crippen LogP contribution in [0, 0.1) is 10.8 Å². The Morgan fingerprint density at radius 1 is 0.636 bits per heavy atom. The summed E-state index contributed by atoms with van der Waals surface area (Å²) in [7, 11) is -1.89. The molecule has 0 aliphatic carbocycles. The molecule has 0 atom stereocenters. The quantitative estimate of drug-likeness (QED) is 0.421. The van der Waals surface area contributed by atoms with Crippen molar-refractivity contribution in [1.82, 2.24) is 0 Å². The third-order valence-corrected chi connectivity index (χ3v) is 5.92. The van der Waals surface area contributed by atoms with Crippen molar-refractivity contribution in [2.45, 2.75) is 66.4 Å². The van der Waals surface area contributed by atoms with E-state index in [9.17, 15) is 26.3 Å². The van der Waals surface area contributed by atoms with Crippen LogP contribution in [-0.2, 0) is 4.52 Å². The Morgan fingerprint density at radius 2 is 0.909 bits per heavy atom. The second-order valence-corrected chi connectivity index (χ2v) is 9.82. The van der Waals surface area contributed by atoms with Gasteiger partial charge in [0.05, 0.1) is 0 Å². The lowest BCUT2D eigenvalue weighted by Crippen LogP contribution is -2.55. The molecule has 0 rings (SSSR count). The van der Waals surface area contributed by atoms with Gasteiger partial charge in [-0.1, -0.05) is 41.5 Å². The van der Waals surface area contributed by atoms with Crippen molar-refractivity contribution < 1.29 is 30.9 Å². The maximum absolute atomic E-state index is 13.0. The van der Waals surface area contributed by atoms with Crippen molar-refractivity contribution in [3.8, 4) is 0 Å². The molecule has 0 saturated carbocycles. The molecule has 0 saturated heterocycles. The smallest absolute Gasteiger partial charge is 0.335 e. The zero-order valence-electron chi connectivity index (χ0n) is 14.0. The van der Waals surface area contributed by atoms with Gasteiger partial charge < -0.3 is 4.52 Å². The molecule has 0 aromatic heterocycles. The van der Waals surface area contributed by atoms with Gasteiger partial charge in [0.25, 0.3) is 5.60 Å². The average molecular weight is 354 g/mol. The molecule has 0 bridgehead atoms. The Bertz CT molecular complexity index is 331. The van der Waals surface area contributed by atoms with Crippen molar-refractivity contribution in [2.24, 2.45) is 10.8 Å². The van der Waals surface area contributed by atoms with Crippen molar-refractivity contribution in [3.05, 3.63) is 0 Å². The van der Waals surface area contributed by atoms with Crippen molar-refractivity contribution >= 4 is 8.15 Å². The molecule has 0 aliphatic heterocycles. The van der Waals surface area contributed by atoms with Gasteiger partial charge in [-0.15, -0.1) is 0 Å².